The molecule has 0 spiro atoms. The number of halogens is 5. The Morgan fingerprint density at radius 3 is 1.20 bits per heavy atom. The summed E-state index contributed by atoms with van der Waals surface area (Å²) < 4.78 is 31.5. The second-order valence-electron chi connectivity index (χ2n) is 15.2. The molecule has 8 aromatic rings. The van der Waals surface area contributed by atoms with Gasteiger partial charge < -0.3 is 30.4 Å². The number of aromatic nitrogens is 8. The first kappa shape index (κ1) is 48.2. The van der Waals surface area contributed by atoms with Crippen LogP contribution in [0.2, 0.25) is 0 Å². The van der Waals surface area contributed by atoms with E-state index in [-0.39, 0.29) is 48.9 Å². The average molecular weight is 938 g/mol. The maximum absolute atomic E-state index is 13.5. The van der Waals surface area contributed by atoms with E-state index < -0.39 is 0 Å². The molecule has 4 N–H and O–H groups in total. The lowest BCUT2D eigenvalue weighted by molar-refractivity contribution is 0.370. The number of anilines is 4. The van der Waals surface area contributed by atoms with Gasteiger partial charge in [0.25, 0.3) is 0 Å². The van der Waals surface area contributed by atoms with Crippen molar-refractivity contribution < 1.29 is 8.78 Å². The predicted molar refractivity (Wildman–Crippen MR) is 261 cm³/mol. The third kappa shape index (κ3) is 11.7. The molecule has 0 amide bonds. The quantitative estimate of drug-likeness (QED) is 0.105. The molecule has 0 atom stereocenters. The molecule has 2 aliphatic rings. The van der Waals surface area contributed by atoms with Gasteiger partial charge in [-0.2, -0.15) is 0 Å². The minimum absolute atomic E-state index is 0. The fourth-order valence-corrected chi connectivity index (χ4v) is 7.99. The van der Waals surface area contributed by atoms with Gasteiger partial charge in [-0.3, -0.25) is 0 Å². The molecule has 10 rings (SSSR count). The normalized spacial score (nSPS) is 13.8. The van der Waals surface area contributed by atoms with Crippen molar-refractivity contribution in [2.75, 3.05) is 36.8 Å². The molecular formula is C48H49Cl3F2N12. The van der Waals surface area contributed by atoms with Gasteiger partial charge in [0, 0.05) is 47.0 Å². The van der Waals surface area contributed by atoms with Crippen molar-refractivity contribution in [1.82, 2.24) is 49.7 Å². The molecule has 0 bridgehead atoms. The second-order valence-corrected chi connectivity index (χ2v) is 15.2. The Bertz CT molecular complexity index is 2510. The van der Waals surface area contributed by atoms with E-state index in [1.54, 1.807) is 36.7 Å². The van der Waals surface area contributed by atoms with E-state index in [0.29, 0.717) is 24.0 Å². The van der Waals surface area contributed by atoms with Gasteiger partial charge in [-0.05, 0) is 137 Å². The van der Waals surface area contributed by atoms with Gasteiger partial charge in [-0.25, -0.2) is 38.7 Å². The van der Waals surface area contributed by atoms with Crippen LogP contribution in [0.1, 0.15) is 37.8 Å². The summed E-state index contributed by atoms with van der Waals surface area (Å²) in [5.41, 5.74) is 8.57. The average Bonchev–Trinajstić information content (AvgIpc) is 3.98. The molecule has 2 fully saturated rings. The van der Waals surface area contributed by atoms with Crippen LogP contribution < -0.4 is 21.3 Å². The van der Waals surface area contributed by atoms with Crippen LogP contribution in [0.5, 0.6) is 0 Å². The minimum atomic E-state index is -0.264. The summed E-state index contributed by atoms with van der Waals surface area (Å²) in [4.78, 5) is 27.8. The summed E-state index contributed by atoms with van der Waals surface area (Å²) in [6.07, 6.45) is 11.4. The standard InChI is InChI=1S/2C24H23FN6.3ClH/c2*25-18-8-6-17(7-9-18)22-23(31(16-28-22)20-10-13-26-14-11-20)21-12-15-27-24(30-21)29-19-4-2-1-3-5-19;;;/h2*1-9,12,15-16,20,26H,10-11,13-14H2,(H,27,29,30);3*1H. The Labute approximate surface area is 395 Å². The largest absolute Gasteiger partial charge is 0.326 e. The highest BCUT2D eigenvalue weighted by atomic mass is 35.5. The molecule has 0 unspecified atom stereocenters. The van der Waals surface area contributed by atoms with Crippen molar-refractivity contribution in [2.45, 2.75) is 37.8 Å². The Kier molecular flexibility index (Phi) is 17.1. The highest BCUT2D eigenvalue weighted by Gasteiger charge is 2.25. The van der Waals surface area contributed by atoms with Gasteiger partial charge >= 0.3 is 0 Å². The summed E-state index contributed by atoms with van der Waals surface area (Å²) in [7, 11) is 0. The van der Waals surface area contributed by atoms with Gasteiger partial charge in [0.1, 0.15) is 11.6 Å². The number of benzene rings is 4. The summed E-state index contributed by atoms with van der Waals surface area (Å²) in [5.74, 6) is 0.512. The van der Waals surface area contributed by atoms with Crippen LogP contribution >= 0.6 is 37.2 Å². The van der Waals surface area contributed by atoms with E-state index in [2.05, 4.69) is 40.4 Å². The number of para-hydroxylation sites is 2. The van der Waals surface area contributed by atoms with E-state index in [1.165, 1.54) is 24.3 Å². The van der Waals surface area contributed by atoms with Crippen molar-refractivity contribution in [3.05, 3.63) is 158 Å². The number of hydrogen-bond acceptors (Lipinski definition) is 10. The molecule has 2 aliphatic heterocycles. The lowest BCUT2D eigenvalue weighted by atomic mass is 10.0. The van der Waals surface area contributed by atoms with Crippen molar-refractivity contribution in [3.63, 3.8) is 0 Å². The lowest BCUT2D eigenvalue weighted by Crippen LogP contribution is -2.29. The van der Waals surface area contributed by atoms with Gasteiger partial charge in [0.2, 0.25) is 11.9 Å². The van der Waals surface area contributed by atoms with Crippen LogP contribution in [0.25, 0.3) is 45.3 Å². The summed E-state index contributed by atoms with van der Waals surface area (Å²) in [5, 5.41) is 13.3. The zero-order chi connectivity index (χ0) is 42.1. The molecule has 2 saturated heterocycles. The summed E-state index contributed by atoms with van der Waals surface area (Å²) in [6, 6.07) is 37.0. The minimum Gasteiger partial charge on any atom is -0.326 e. The van der Waals surface area contributed by atoms with E-state index in [1.807, 2.05) is 85.5 Å². The van der Waals surface area contributed by atoms with Gasteiger partial charge in [-0.1, -0.05) is 36.4 Å². The van der Waals surface area contributed by atoms with Crippen LogP contribution in [0.15, 0.2) is 146 Å². The number of rotatable bonds is 10. The van der Waals surface area contributed by atoms with Crippen LogP contribution in [0, 0.1) is 11.6 Å². The van der Waals surface area contributed by atoms with E-state index in [4.69, 9.17) is 19.9 Å². The van der Waals surface area contributed by atoms with Crippen molar-refractivity contribution in [3.8, 4) is 45.3 Å². The van der Waals surface area contributed by atoms with Crippen molar-refractivity contribution in [2.24, 2.45) is 0 Å². The van der Waals surface area contributed by atoms with E-state index in [9.17, 15) is 8.78 Å². The monoisotopic (exact) mass is 936 g/mol. The fourth-order valence-electron chi connectivity index (χ4n) is 7.99. The topological polar surface area (TPSA) is 135 Å². The SMILES string of the molecule is Cl.Cl.Cl.Fc1ccc(-c2ncn(C3CCNCC3)c2-c2ccnc(Nc3ccccc3)n2)cc1.Fc1ccc(-c2ncn(C3CCNCC3)c2-c2ccnc(Nc3ccccc3)n2)cc1. The molecule has 12 nitrogen and oxygen atoms in total. The highest BCUT2D eigenvalue weighted by molar-refractivity contribution is 5.86. The fraction of sp³-hybridized carbons (Fsp3) is 0.208. The van der Waals surface area contributed by atoms with Crippen LogP contribution in [-0.2, 0) is 0 Å². The molecule has 0 saturated carbocycles. The number of nitrogens with zero attached hydrogens (tertiary/aromatic N) is 8. The lowest BCUT2D eigenvalue weighted by Gasteiger charge is -2.25. The molecule has 336 valence electrons. The smallest absolute Gasteiger partial charge is 0.227 e. The maximum atomic E-state index is 13.5. The molecular weight excluding hydrogens is 889 g/mol. The number of hydrogen-bond donors (Lipinski definition) is 4. The van der Waals surface area contributed by atoms with Crippen LogP contribution in [0.4, 0.5) is 32.1 Å². The van der Waals surface area contributed by atoms with Crippen molar-refractivity contribution in [1.29, 1.82) is 0 Å². The molecule has 17 heteroatoms. The predicted octanol–water partition coefficient (Wildman–Crippen LogP) is 10.9. The van der Waals surface area contributed by atoms with E-state index in [0.717, 1.165) is 109 Å². The summed E-state index contributed by atoms with van der Waals surface area (Å²) >= 11 is 0. The molecule has 65 heavy (non-hydrogen) atoms. The van der Waals surface area contributed by atoms with Crippen LogP contribution in [0.3, 0.4) is 0 Å². The molecule has 4 aromatic heterocycles. The zero-order valence-corrected chi connectivity index (χ0v) is 37.7. The Morgan fingerprint density at radius 2 is 0.831 bits per heavy atom. The third-order valence-electron chi connectivity index (χ3n) is 11.1. The van der Waals surface area contributed by atoms with E-state index >= 15 is 0 Å². The summed E-state index contributed by atoms with van der Waals surface area (Å²) in [6.45, 7) is 3.88. The number of imidazole rings is 2. The Hall–Kier alpha value is -6.29. The third-order valence-corrected chi connectivity index (χ3v) is 11.1. The van der Waals surface area contributed by atoms with Gasteiger partial charge in [-0.15, -0.1) is 37.2 Å². The molecule has 0 aliphatic carbocycles. The first-order valence-electron chi connectivity index (χ1n) is 20.9. The maximum Gasteiger partial charge on any atom is 0.227 e. The second kappa shape index (κ2) is 23.1. The molecule has 0 radical (unpaired) electrons. The number of piperidine rings is 2. The van der Waals surface area contributed by atoms with Gasteiger partial charge in [0.05, 0.1) is 46.8 Å². The Balaban J connectivity index is 0.000000206. The Morgan fingerprint density at radius 1 is 0.462 bits per heavy atom. The van der Waals surface area contributed by atoms with Crippen molar-refractivity contribution >= 4 is 60.5 Å². The van der Waals surface area contributed by atoms with Crippen LogP contribution in [-0.4, -0.2) is 65.2 Å². The number of nitrogens with one attached hydrogen (secondary N) is 4. The highest BCUT2D eigenvalue weighted by Crippen LogP contribution is 2.37. The van der Waals surface area contributed by atoms with Gasteiger partial charge in [0.15, 0.2) is 0 Å². The first-order valence-corrected chi connectivity index (χ1v) is 20.9. The first-order chi connectivity index (χ1) is 30.6. The zero-order valence-electron chi connectivity index (χ0n) is 35.2. The molecule has 4 aromatic carbocycles. The molecule has 6 heterocycles.